The second-order valence-electron chi connectivity index (χ2n) is 4.15. The van der Waals surface area contributed by atoms with E-state index >= 15 is 0 Å². The molecule has 0 saturated heterocycles. The van der Waals surface area contributed by atoms with E-state index in [9.17, 15) is 4.79 Å². The maximum Gasteiger partial charge on any atom is 0.133 e. The van der Waals surface area contributed by atoms with Crippen LogP contribution >= 0.6 is 11.3 Å². The van der Waals surface area contributed by atoms with Crippen molar-refractivity contribution in [1.29, 1.82) is 0 Å². The Bertz CT molecular complexity index is 307. The van der Waals surface area contributed by atoms with Crippen molar-refractivity contribution in [3.63, 3.8) is 0 Å². The predicted octanol–water partition coefficient (Wildman–Crippen LogP) is 2.69. The Morgan fingerprint density at radius 1 is 1.64 bits per heavy atom. The molecule has 3 heteroatoms. The molecule has 1 aliphatic rings. The summed E-state index contributed by atoms with van der Waals surface area (Å²) in [5.41, 5.74) is 0. The second-order valence-corrected chi connectivity index (χ2v) is 5.13. The molecule has 0 amide bonds. The summed E-state index contributed by atoms with van der Waals surface area (Å²) in [7, 11) is 0. The minimum atomic E-state index is 0.435. The lowest BCUT2D eigenvalue weighted by Gasteiger charge is -2.27. The van der Waals surface area contributed by atoms with Crippen LogP contribution in [-0.4, -0.2) is 10.8 Å². The summed E-state index contributed by atoms with van der Waals surface area (Å²) in [5, 5.41) is 3.18. The van der Waals surface area contributed by atoms with Gasteiger partial charge in [0.2, 0.25) is 0 Å². The van der Waals surface area contributed by atoms with Gasteiger partial charge < -0.3 is 0 Å². The monoisotopic (exact) mass is 209 g/mol. The molecular formula is C11H15NOS. The molecule has 1 heterocycles. The van der Waals surface area contributed by atoms with E-state index in [4.69, 9.17) is 0 Å². The minimum Gasteiger partial charge on any atom is -0.300 e. The number of hydrogen-bond donors (Lipinski definition) is 0. The third-order valence-corrected chi connectivity index (χ3v) is 3.90. The van der Waals surface area contributed by atoms with Crippen LogP contribution in [0.3, 0.4) is 0 Å². The Morgan fingerprint density at radius 2 is 2.50 bits per heavy atom. The number of thiazole rings is 1. The zero-order chi connectivity index (χ0) is 9.97. The molecule has 1 aromatic heterocycles. The highest BCUT2D eigenvalue weighted by atomic mass is 32.1. The molecule has 1 aromatic rings. The number of ketones is 1. The van der Waals surface area contributed by atoms with Crippen LogP contribution in [0.1, 0.15) is 31.2 Å². The van der Waals surface area contributed by atoms with Crippen LogP contribution < -0.4 is 0 Å². The third-order valence-electron chi connectivity index (χ3n) is 3.09. The van der Waals surface area contributed by atoms with Gasteiger partial charge in [-0.15, -0.1) is 11.3 Å². The second kappa shape index (κ2) is 4.22. The Morgan fingerprint density at radius 3 is 3.21 bits per heavy atom. The average molecular weight is 209 g/mol. The Labute approximate surface area is 88.4 Å². The smallest absolute Gasteiger partial charge is 0.133 e. The predicted molar refractivity (Wildman–Crippen MR) is 57.3 cm³/mol. The minimum absolute atomic E-state index is 0.435. The summed E-state index contributed by atoms with van der Waals surface area (Å²) in [6.45, 7) is 2.25. The van der Waals surface area contributed by atoms with Gasteiger partial charge in [-0.05, 0) is 18.3 Å². The van der Waals surface area contributed by atoms with E-state index in [0.29, 0.717) is 17.6 Å². The van der Waals surface area contributed by atoms with Crippen molar-refractivity contribution >= 4 is 17.1 Å². The van der Waals surface area contributed by atoms with Crippen LogP contribution in [0.2, 0.25) is 0 Å². The van der Waals surface area contributed by atoms with Gasteiger partial charge in [-0.3, -0.25) is 4.79 Å². The topological polar surface area (TPSA) is 30.0 Å². The molecule has 1 saturated carbocycles. The number of Topliss-reactive ketones (excluding diaryl/α,β-unsaturated/α-hetero) is 1. The standard InChI is InChI=1S/C11H15NOS/c1-8-2-3-10(13)6-9(8)7-11-12-4-5-14-11/h4-5,8-9H,2-3,6-7H2,1H3. The van der Waals surface area contributed by atoms with E-state index in [1.165, 1.54) is 5.01 Å². The van der Waals surface area contributed by atoms with Gasteiger partial charge in [0.15, 0.2) is 0 Å². The van der Waals surface area contributed by atoms with Crippen molar-refractivity contribution in [2.45, 2.75) is 32.6 Å². The third kappa shape index (κ3) is 2.21. The van der Waals surface area contributed by atoms with Crippen LogP contribution in [0.15, 0.2) is 11.6 Å². The summed E-state index contributed by atoms with van der Waals surface area (Å²) in [6, 6.07) is 0. The first-order chi connectivity index (χ1) is 6.75. The number of aromatic nitrogens is 1. The van der Waals surface area contributed by atoms with Gasteiger partial charge >= 0.3 is 0 Å². The van der Waals surface area contributed by atoms with Gasteiger partial charge in [0.1, 0.15) is 5.78 Å². The first-order valence-electron chi connectivity index (χ1n) is 5.16. The van der Waals surface area contributed by atoms with Gasteiger partial charge in [0, 0.05) is 30.8 Å². The molecule has 0 N–H and O–H groups in total. The molecule has 0 aromatic carbocycles. The summed E-state index contributed by atoms with van der Waals surface area (Å²) in [6.07, 6.45) is 5.45. The largest absolute Gasteiger partial charge is 0.300 e. The molecule has 76 valence electrons. The van der Waals surface area contributed by atoms with Gasteiger partial charge in [0.05, 0.1) is 5.01 Å². The number of rotatable bonds is 2. The van der Waals surface area contributed by atoms with E-state index in [1.807, 2.05) is 11.6 Å². The lowest BCUT2D eigenvalue weighted by Crippen LogP contribution is -2.24. The van der Waals surface area contributed by atoms with Crippen molar-refractivity contribution in [3.05, 3.63) is 16.6 Å². The Hall–Kier alpha value is -0.700. The SMILES string of the molecule is CC1CCC(=O)CC1Cc1nccs1. The zero-order valence-electron chi connectivity index (χ0n) is 8.40. The molecule has 1 aliphatic carbocycles. The maximum atomic E-state index is 11.3. The molecule has 14 heavy (non-hydrogen) atoms. The number of nitrogens with zero attached hydrogens (tertiary/aromatic N) is 1. The summed E-state index contributed by atoms with van der Waals surface area (Å²) in [4.78, 5) is 15.6. The van der Waals surface area contributed by atoms with Crippen molar-refractivity contribution in [2.24, 2.45) is 11.8 Å². The van der Waals surface area contributed by atoms with E-state index in [2.05, 4.69) is 11.9 Å². The van der Waals surface area contributed by atoms with Crippen LogP contribution in [0, 0.1) is 11.8 Å². The van der Waals surface area contributed by atoms with Gasteiger partial charge in [-0.2, -0.15) is 0 Å². The molecule has 0 bridgehead atoms. The Balaban J connectivity index is 1.99. The number of hydrogen-bond acceptors (Lipinski definition) is 3. The van der Waals surface area contributed by atoms with Gasteiger partial charge in [-0.1, -0.05) is 6.92 Å². The molecule has 2 unspecified atom stereocenters. The highest BCUT2D eigenvalue weighted by Gasteiger charge is 2.26. The van der Waals surface area contributed by atoms with Crippen molar-refractivity contribution < 1.29 is 4.79 Å². The van der Waals surface area contributed by atoms with Crippen LogP contribution in [0.4, 0.5) is 0 Å². The number of carbonyl (C=O) groups is 1. The van der Waals surface area contributed by atoms with Crippen LogP contribution in [0.5, 0.6) is 0 Å². The van der Waals surface area contributed by atoms with E-state index in [0.717, 1.165) is 25.7 Å². The fourth-order valence-corrected chi connectivity index (χ4v) is 2.78. The van der Waals surface area contributed by atoms with Crippen molar-refractivity contribution in [1.82, 2.24) is 4.98 Å². The van der Waals surface area contributed by atoms with Gasteiger partial charge in [0.25, 0.3) is 0 Å². The molecular weight excluding hydrogens is 194 g/mol. The highest BCUT2D eigenvalue weighted by molar-refractivity contribution is 7.09. The summed E-state index contributed by atoms with van der Waals surface area (Å²) >= 11 is 1.70. The molecule has 2 rings (SSSR count). The van der Waals surface area contributed by atoms with Crippen LogP contribution in [-0.2, 0) is 11.2 Å². The van der Waals surface area contributed by atoms with Crippen molar-refractivity contribution in [3.8, 4) is 0 Å². The molecule has 2 nitrogen and oxygen atoms in total. The van der Waals surface area contributed by atoms with E-state index in [1.54, 1.807) is 11.3 Å². The lowest BCUT2D eigenvalue weighted by molar-refractivity contribution is -0.122. The fraction of sp³-hybridized carbons (Fsp3) is 0.636. The average Bonchev–Trinajstić information content (AvgIpc) is 2.64. The normalized spacial score (nSPS) is 27.9. The van der Waals surface area contributed by atoms with Gasteiger partial charge in [-0.25, -0.2) is 4.98 Å². The molecule has 0 spiro atoms. The first kappa shape index (κ1) is 9.84. The summed E-state index contributed by atoms with van der Waals surface area (Å²) < 4.78 is 0. The molecule has 1 fully saturated rings. The van der Waals surface area contributed by atoms with Crippen LogP contribution in [0.25, 0.3) is 0 Å². The number of carbonyl (C=O) groups excluding carboxylic acids is 1. The molecule has 2 atom stereocenters. The maximum absolute atomic E-state index is 11.3. The zero-order valence-corrected chi connectivity index (χ0v) is 9.22. The van der Waals surface area contributed by atoms with E-state index < -0.39 is 0 Å². The lowest BCUT2D eigenvalue weighted by atomic mass is 9.78. The summed E-state index contributed by atoms with van der Waals surface area (Å²) in [5.74, 6) is 1.64. The van der Waals surface area contributed by atoms with E-state index in [-0.39, 0.29) is 0 Å². The molecule has 0 radical (unpaired) electrons. The molecule has 0 aliphatic heterocycles. The quantitative estimate of drug-likeness (QED) is 0.749. The van der Waals surface area contributed by atoms with Crippen molar-refractivity contribution in [2.75, 3.05) is 0 Å². The highest BCUT2D eigenvalue weighted by Crippen LogP contribution is 2.30. The Kier molecular flexibility index (Phi) is 2.96. The first-order valence-corrected chi connectivity index (χ1v) is 6.03. The fourth-order valence-electron chi connectivity index (χ4n) is 2.07.